The van der Waals surface area contributed by atoms with Gasteiger partial charge in [0, 0.05) is 18.1 Å². The zero-order chi connectivity index (χ0) is 14.8. The number of benzene rings is 2. The van der Waals surface area contributed by atoms with E-state index < -0.39 is 0 Å². The van der Waals surface area contributed by atoms with E-state index >= 15 is 0 Å². The molecule has 0 spiro atoms. The van der Waals surface area contributed by atoms with Gasteiger partial charge in [-0.2, -0.15) is 0 Å². The number of hydrogen-bond donors (Lipinski definition) is 1. The molecule has 0 aliphatic carbocycles. The molecule has 0 atom stereocenters. The summed E-state index contributed by atoms with van der Waals surface area (Å²) in [5.74, 6) is 0.862. The van der Waals surface area contributed by atoms with Crippen LogP contribution < -0.4 is 4.90 Å². The molecule has 0 saturated heterocycles. The molecule has 0 unspecified atom stereocenters. The summed E-state index contributed by atoms with van der Waals surface area (Å²) in [6.07, 6.45) is 0. The van der Waals surface area contributed by atoms with Crippen molar-refractivity contribution in [2.24, 2.45) is 0 Å². The van der Waals surface area contributed by atoms with Crippen LogP contribution >= 0.6 is 0 Å². The second-order valence-electron chi connectivity index (χ2n) is 5.21. The Morgan fingerprint density at radius 3 is 2.48 bits per heavy atom. The van der Waals surface area contributed by atoms with Gasteiger partial charge in [0.2, 0.25) is 0 Å². The first-order valence-electron chi connectivity index (χ1n) is 6.99. The Kier molecular flexibility index (Phi) is 3.59. The largest absolute Gasteiger partial charge is 0.390 e. The van der Waals surface area contributed by atoms with Crippen molar-refractivity contribution in [3.05, 3.63) is 65.9 Å². The Labute approximate surface area is 124 Å². The number of rotatable bonds is 3. The van der Waals surface area contributed by atoms with E-state index in [1.807, 2.05) is 31.3 Å². The van der Waals surface area contributed by atoms with E-state index in [9.17, 15) is 5.11 Å². The van der Waals surface area contributed by atoms with Crippen LogP contribution in [0.3, 0.4) is 0 Å². The van der Waals surface area contributed by atoms with E-state index in [1.165, 1.54) is 5.56 Å². The average molecular weight is 278 g/mol. The molecule has 3 nitrogen and oxygen atoms in total. The minimum atomic E-state index is -0.0560. The fourth-order valence-corrected chi connectivity index (χ4v) is 2.46. The van der Waals surface area contributed by atoms with Crippen LogP contribution in [-0.4, -0.2) is 17.1 Å². The number of aryl methyl sites for hydroxylation is 1. The van der Waals surface area contributed by atoms with Crippen molar-refractivity contribution < 1.29 is 5.11 Å². The molecular formula is C18H18N2O. The third kappa shape index (κ3) is 2.60. The van der Waals surface area contributed by atoms with E-state index in [-0.39, 0.29) is 6.61 Å². The molecule has 0 saturated carbocycles. The molecule has 106 valence electrons. The molecule has 2 aromatic carbocycles. The zero-order valence-electron chi connectivity index (χ0n) is 12.2. The van der Waals surface area contributed by atoms with E-state index in [0.29, 0.717) is 5.69 Å². The molecule has 0 aliphatic rings. The van der Waals surface area contributed by atoms with Crippen LogP contribution in [0.1, 0.15) is 11.3 Å². The minimum absolute atomic E-state index is 0.0560. The molecule has 0 bridgehead atoms. The van der Waals surface area contributed by atoms with Crippen molar-refractivity contribution in [1.29, 1.82) is 0 Å². The van der Waals surface area contributed by atoms with Gasteiger partial charge in [-0.1, -0.05) is 42.0 Å². The first kappa shape index (κ1) is 13.6. The third-order valence-corrected chi connectivity index (χ3v) is 3.67. The van der Waals surface area contributed by atoms with Crippen LogP contribution in [0.25, 0.3) is 10.8 Å². The van der Waals surface area contributed by atoms with Gasteiger partial charge < -0.3 is 10.0 Å². The first-order valence-corrected chi connectivity index (χ1v) is 6.99. The van der Waals surface area contributed by atoms with Gasteiger partial charge in [0.15, 0.2) is 0 Å². The Morgan fingerprint density at radius 2 is 1.76 bits per heavy atom. The second-order valence-corrected chi connectivity index (χ2v) is 5.21. The fourth-order valence-electron chi connectivity index (χ4n) is 2.46. The maximum Gasteiger partial charge on any atom is 0.141 e. The average Bonchev–Trinajstić information content (AvgIpc) is 2.53. The lowest BCUT2D eigenvalue weighted by molar-refractivity contribution is 0.277. The Balaban J connectivity index is 2.16. The number of aliphatic hydroxyl groups is 1. The number of anilines is 2. The fraction of sp³-hybridized carbons (Fsp3) is 0.167. The summed E-state index contributed by atoms with van der Waals surface area (Å²) < 4.78 is 0. The van der Waals surface area contributed by atoms with E-state index in [4.69, 9.17) is 0 Å². The highest BCUT2D eigenvalue weighted by Crippen LogP contribution is 2.30. The topological polar surface area (TPSA) is 36.4 Å². The number of fused-ring (bicyclic) bond motifs is 1. The molecule has 1 N–H and O–H groups in total. The van der Waals surface area contributed by atoms with Gasteiger partial charge in [-0.25, -0.2) is 4.98 Å². The molecule has 0 aliphatic heterocycles. The molecule has 1 aromatic heterocycles. The molecule has 3 aromatic rings. The minimum Gasteiger partial charge on any atom is -0.390 e. The van der Waals surface area contributed by atoms with Gasteiger partial charge >= 0.3 is 0 Å². The van der Waals surface area contributed by atoms with E-state index in [2.05, 4.69) is 47.1 Å². The Bertz CT molecular complexity index is 766. The zero-order valence-corrected chi connectivity index (χ0v) is 12.2. The number of hydrogen-bond acceptors (Lipinski definition) is 3. The Hall–Kier alpha value is -2.39. The molecule has 21 heavy (non-hydrogen) atoms. The highest BCUT2D eigenvalue weighted by atomic mass is 16.3. The smallest absolute Gasteiger partial charge is 0.141 e. The van der Waals surface area contributed by atoms with Crippen molar-refractivity contribution in [2.75, 3.05) is 11.9 Å². The van der Waals surface area contributed by atoms with Crippen molar-refractivity contribution in [3.8, 4) is 0 Å². The SMILES string of the molecule is Cc1ccc(N(C)c2nc(CO)cc3ccccc23)cc1. The normalized spacial score (nSPS) is 10.8. The van der Waals surface area contributed by atoms with Gasteiger partial charge in [0.1, 0.15) is 5.82 Å². The van der Waals surface area contributed by atoms with Gasteiger partial charge in [0.25, 0.3) is 0 Å². The van der Waals surface area contributed by atoms with Gasteiger partial charge in [-0.3, -0.25) is 0 Å². The van der Waals surface area contributed by atoms with Crippen LogP contribution in [0.2, 0.25) is 0 Å². The number of aromatic nitrogens is 1. The van der Waals surface area contributed by atoms with Crippen LogP contribution in [0.4, 0.5) is 11.5 Å². The molecule has 0 fully saturated rings. The summed E-state index contributed by atoms with van der Waals surface area (Å²) in [6, 6.07) is 18.4. The number of aliphatic hydroxyl groups excluding tert-OH is 1. The molecular weight excluding hydrogens is 260 g/mol. The van der Waals surface area contributed by atoms with Crippen LogP contribution in [0.5, 0.6) is 0 Å². The summed E-state index contributed by atoms with van der Waals surface area (Å²) in [4.78, 5) is 6.65. The lowest BCUT2D eigenvalue weighted by Crippen LogP contribution is -2.12. The molecule has 3 rings (SSSR count). The van der Waals surface area contributed by atoms with E-state index in [1.54, 1.807) is 0 Å². The second kappa shape index (κ2) is 5.54. The highest BCUT2D eigenvalue weighted by Gasteiger charge is 2.11. The standard InChI is InChI=1S/C18H18N2O/c1-13-7-9-16(10-8-13)20(2)18-17-6-4-3-5-14(17)11-15(12-21)19-18/h3-11,21H,12H2,1-2H3. The lowest BCUT2D eigenvalue weighted by Gasteiger charge is -2.21. The molecule has 0 amide bonds. The van der Waals surface area contributed by atoms with Crippen LogP contribution in [-0.2, 0) is 6.61 Å². The van der Waals surface area contributed by atoms with Crippen LogP contribution in [0, 0.1) is 6.92 Å². The van der Waals surface area contributed by atoms with E-state index in [0.717, 1.165) is 22.3 Å². The predicted molar refractivity (Wildman–Crippen MR) is 86.9 cm³/mol. The monoisotopic (exact) mass is 278 g/mol. The predicted octanol–water partition coefficient (Wildman–Crippen LogP) is 3.80. The number of pyridine rings is 1. The first-order chi connectivity index (χ1) is 10.2. The van der Waals surface area contributed by atoms with Crippen molar-refractivity contribution >= 4 is 22.3 Å². The summed E-state index contributed by atoms with van der Waals surface area (Å²) in [6.45, 7) is 2.02. The molecule has 0 radical (unpaired) electrons. The Morgan fingerprint density at radius 1 is 1.05 bits per heavy atom. The lowest BCUT2D eigenvalue weighted by atomic mass is 10.1. The van der Waals surface area contributed by atoms with Crippen molar-refractivity contribution in [2.45, 2.75) is 13.5 Å². The summed E-state index contributed by atoms with van der Waals surface area (Å²) in [7, 11) is 2.00. The van der Waals surface area contributed by atoms with Gasteiger partial charge in [-0.05, 0) is 30.5 Å². The maximum atomic E-state index is 9.43. The summed E-state index contributed by atoms with van der Waals surface area (Å²) >= 11 is 0. The van der Waals surface area contributed by atoms with Crippen molar-refractivity contribution in [3.63, 3.8) is 0 Å². The summed E-state index contributed by atoms with van der Waals surface area (Å²) in [5.41, 5.74) is 2.99. The van der Waals surface area contributed by atoms with Crippen molar-refractivity contribution in [1.82, 2.24) is 4.98 Å². The van der Waals surface area contributed by atoms with Gasteiger partial charge in [-0.15, -0.1) is 0 Å². The molecule has 3 heteroatoms. The maximum absolute atomic E-state index is 9.43. The van der Waals surface area contributed by atoms with Gasteiger partial charge in [0.05, 0.1) is 12.3 Å². The quantitative estimate of drug-likeness (QED) is 0.791. The molecule has 1 heterocycles. The van der Waals surface area contributed by atoms with Crippen LogP contribution in [0.15, 0.2) is 54.6 Å². The highest BCUT2D eigenvalue weighted by molar-refractivity contribution is 5.94. The third-order valence-electron chi connectivity index (χ3n) is 3.67. The summed E-state index contributed by atoms with van der Waals surface area (Å²) in [5, 5.41) is 11.6. The number of nitrogens with zero attached hydrogens (tertiary/aromatic N) is 2.